The first-order chi connectivity index (χ1) is 17.3. The van der Waals surface area contributed by atoms with Crippen molar-refractivity contribution in [3.05, 3.63) is 64.0 Å². The topological polar surface area (TPSA) is 138 Å². The molecule has 190 valence electrons. The molecular formula is C24H28N6O6. The van der Waals surface area contributed by atoms with E-state index < -0.39 is 16.7 Å². The van der Waals surface area contributed by atoms with Crippen molar-refractivity contribution in [2.24, 2.45) is 0 Å². The van der Waals surface area contributed by atoms with Gasteiger partial charge in [-0.15, -0.1) is 0 Å². The van der Waals surface area contributed by atoms with Gasteiger partial charge >= 0.3 is 11.8 Å². The molecule has 1 atom stereocenters. The standard InChI is InChI=1S/C24H28N6O6/c1-17(19-4-2-3-7-25-19)26-20-6-5-18(16-21(20)30(34)35)22(31)27-8-10-28(11-9-27)23(32)24(33)29-12-14-36-15-13-29/h2-7,16-17,26H,8-15H2,1H3. The van der Waals surface area contributed by atoms with Crippen molar-refractivity contribution in [2.45, 2.75) is 13.0 Å². The lowest BCUT2D eigenvalue weighted by Crippen LogP contribution is -2.55. The Kier molecular flexibility index (Phi) is 7.74. The summed E-state index contributed by atoms with van der Waals surface area (Å²) in [5.41, 5.74) is 0.980. The van der Waals surface area contributed by atoms with Gasteiger partial charge in [0.2, 0.25) is 0 Å². The summed E-state index contributed by atoms with van der Waals surface area (Å²) >= 11 is 0. The Bertz CT molecular complexity index is 1130. The van der Waals surface area contributed by atoms with E-state index in [4.69, 9.17) is 4.74 Å². The number of pyridine rings is 1. The van der Waals surface area contributed by atoms with Crippen LogP contribution >= 0.6 is 0 Å². The lowest BCUT2D eigenvalue weighted by Gasteiger charge is -2.35. The van der Waals surface area contributed by atoms with Crippen molar-refractivity contribution >= 4 is 29.1 Å². The van der Waals surface area contributed by atoms with Crippen LogP contribution in [-0.2, 0) is 14.3 Å². The van der Waals surface area contributed by atoms with Crippen molar-refractivity contribution in [1.29, 1.82) is 0 Å². The van der Waals surface area contributed by atoms with Crippen molar-refractivity contribution in [1.82, 2.24) is 19.7 Å². The Balaban J connectivity index is 1.39. The molecule has 12 nitrogen and oxygen atoms in total. The molecule has 2 aliphatic rings. The first-order valence-corrected chi connectivity index (χ1v) is 11.8. The molecule has 2 saturated heterocycles. The number of nitrogens with one attached hydrogen (secondary N) is 1. The summed E-state index contributed by atoms with van der Waals surface area (Å²) in [6, 6.07) is 9.49. The second-order valence-electron chi connectivity index (χ2n) is 8.60. The molecular weight excluding hydrogens is 468 g/mol. The number of nitrogens with zero attached hydrogens (tertiary/aromatic N) is 5. The van der Waals surface area contributed by atoms with Gasteiger partial charge in [0.25, 0.3) is 11.6 Å². The highest BCUT2D eigenvalue weighted by Gasteiger charge is 2.32. The number of carbonyl (C=O) groups excluding carboxylic acids is 3. The number of carbonyl (C=O) groups is 3. The van der Waals surface area contributed by atoms with Crippen LogP contribution in [0, 0.1) is 10.1 Å². The maximum atomic E-state index is 13.1. The fourth-order valence-electron chi connectivity index (χ4n) is 4.21. The number of ether oxygens (including phenoxy) is 1. The maximum Gasteiger partial charge on any atom is 0.312 e. The van der Waals surface area contributed by atoms with Crippen molar-refractivity contribution in [2.75, 3.05) is 57.8 Å². The van der Waals surface area contributed by atoms with Gasteiger partial charge in [-0.25, -0.2) is 0 Å². The Labute approximate surface area is 208 Å². The molecule has 1 aromatic carbocycles. The largest absolute Gasteiger partial charge is 0.378 e. The summed E-state index contributed by atoms with van der Waals surface area (Å²) in [6.07, 6.45) is 1.65. The third kappa shape index (κ3) is 5.60. The van der Waals surface area contributed by atoms with Gasteiger partial charge in [-0.3, -0.25) is 29.5 Å². The molecule has 3 amide bonds. The van der Waals surface area contributed by atoms with Crippen LogP contribution in [0.3, 0.4) is 0 Å². The van der Waals surface area contributed by atoms with Gasteiger partial charge in [-0.1, -0.05) is 6.07 Å². The molecule has 0 radical (unpaired) electrons. The average molecular weight is 497 g/mol. The molecule has 12 heteroatoms. The Morgan fingerprint density at radius 2 is 1.61 bits per heavy atom. The van der Waals surface area contributed by atoms with Crippen molar-refractivity contribution < 1.29 is 24.0 Å². The molecule has 1 unspecified atom stereocenters. The van der Waals surface area contributed by atoms with E-state index in [1.807, 2.05) is 19.1 Å². The van der Waals surface area contributed by atoms with E-state index in [-0.39, 0.29) is 55.1 Å². The smallest absolute Gasteiger partial charge is 0.312 e. The Morgan fingerprint density at radius 3 is 2.22 bits per heavy atom. The second-order valence-corrected chi connectivity index (χ2v) is 8.60. The zero-order valence-corrected chi connectivity index (χ0v) is 20.0. The molecule has 2 aromatic rings. The average Bonchev–Trinajstić information content (AvgIpc) is 2.93. The quantitative estimate of drug-likeness (QED) is 0.371. The van der Waals surface area contributed by atoms with Crippen LogP contribution in [0.15, 0.2) is 42.6 Å². The van der Waals surface area contributed by atoms with Gasteiger partial charge in [-0.2, -0.15) is 0 Å². The number of aromatic nitrogens is 1. The van der Waals surface area contributed by atoms with E-state index in [1.165, 1.54) is 26.8 Å². The predicted molar refractivity (Wildman–Crippen MR) is 129 cm³/mol. The second kappa shape index (κ2) is 11.1. The fraction of sp³-hybridized carbons (Fsp3) is 0.417. The molecule has 1 N–H and O–H groups in total. The number of piperazine rings is 1. The van der Waals surface area contributed by atoms with Crippen LogP contribution in [0.4, 0.5) is 11.4 Å². The Morgan fingerprint density at radius 1 is 0.972 bits per heavy atom. The van der Waals surface area contributed by atoms with Gasteiger partial charge in [-0.05, 0) is 31.2 Å². The molecule has 3 heterocycles. The van der Waals surface area contributed by atoms with Crippen molar-refractivity contribution in [3.63, 3.8) is 0 Å². The lowest BCUT2D eigenvalue weighted by molar-refractivity contribution is -0.384. The zero-order valence-electron chi connectivity index (χ0n) is 20.0. The van der Waals surface area contributed by atoms with Crippen molar-refractivity contribution in [3.8, 4) is 0 Å². The highest BCUT2D eigenvalue weighted by atomic mass is 16.6. The lowest BCUT2D eigenvalue weighted by atomic mass is 10.1. The maximum absolute atomic E-state index is 13.1. The van der Waals surface area contributed by atoms with E-state index in [0.717, 1.165) is 5.69 Å². The zero-order chi connectivity index (χ0) is 25.7. The van der Waals surface area contributed by atoms with Crippen LogP contribution < -0.4 is 5.32 Å². The molecule has 4 rings (SSSR count). The SMILES string of the molecule is CC(Nc1ccc(C(=O)N2CCN(C(=O)C(=O)N3CCOCC3)CC2)cc1[N+](=O)[O-])c1ccccn1. The van der Waals surface area contributed by atoms with Crippen LogP contribution in [-0.4, -0.2) is 94.8 Å². The number of amides is 3. The van der Waals surface area contributed by atoms with E-state index >= 15 is 0 Å². The highest BCUT2D eigenvalue weighted by molar-refractivity contribution is 6.35. The van der Waals surface area contributed by atoms with Crippen LogP contribution in [0.2, 0.25) is 0 Å². The molecule has 0 bridgehead atoms. The summed E-state index contributed by atoms with van der Waals surface area (Å²) in [5.74, 6) is -1.51. The monoisotopic (exact) mass is 496 g/mol. The molecule has 0 spiro atoms. The number of rotatable bonds is 5. The molecule has 2 aliphatic heterocycles. The minimum absolute atomic E-state index is 0.182. The number of anilines is 1. The van der Waals surface area contributed by atoms with Crippen LogP contribution in [0.25, 0.3) is 0 Å². The minimum atomic E-state index is -0.586. The van der Waals surface area contributed by atoms with E-state index in [9.17, 15) is 24.5 Å². The number of nitro groups is 1. The van der Waals surface area contributed by atoms with Gasteiger partial charge < -0.3 is 24.8 Å². The number of hydrogen-bond donors (Lipinski definition) is 1. The first kappa shape index (κ1) is 25.0. The third-order valence-corrected chi connectivity index (χ3v) is 6.28. The molecule has 1 aromatic heterocycles. The summed E-state index contributed by atoms with van der Waals surface area (Å²) in [6.45, 7) is 4.30. The van der Waals surface area contributed by atoms with E-state index in [2.05, 4.69) is 10.3 Å². The minimum Gasteiger partial charge on any atom is -0.378 e. The predicted octanol–water partition coefficient (Wildman–Crippen LogP) is 1.31. The fourth-order valence-corrected chi connectivity index (χ4v) is 4.21. The first-order valence-electron chi connectivity index (χ1n) is 11.8. The van der Waals surface area contributed by atoms with Gasteiger partial charge in [0.1, 0.15) is 5.69 Å². The molecule has 36 heavy (non-hydrogen) atoms. The van der Waals surface area contributed by atoms with Gasteiger partial charge in [0, 0.05) is 57.1 Å². The summed E-state index contributed by atoms with van der Waals surface area (Å²) in [5, 5.41) is 14.8. The number of benzene rings is 1. The van der Waals surface area contributed by atoms with Crippen LogP contribution in [0.5, 0.6) is 0 Å². The highest BCUT2D eigenvalue weighted by Crippen LogP contribution is 2.29. The number of hydrogen-bond acceptors (Lipinski definition) is 8. The number of nitro benzene ring substituents is 1. The summed E-state index contributed by atoms with van der Waals surface area (Å²) in [4.78, 5) is 58.0. The third-order valence-electron chi connectivity index (χ3n) is 6.28. The van der Waals surface area contributed by atoms with Gasteiger partial charge in [0.05, 0.1) is 29.9 Å². The molecule has 2 fully saturated rings. The van der Waals surface area contributed by atoms with Crippen LogP contribution in [0.1, 0.15) is 29.0 Å². The molecule has 0 saturated carbocycles. The van der Waals surface area contributed by atoms with E-state index in [1.54, 1.807) is 18.3 Å². The summed E-state index contributed by atoms with van der Waals surface area (Å²) < 4.78 is 5.22. The van der Waals surface area contributed by atoms with Gasteiger partial charge in [0.15, 0.2) is 0 Å². The molecule has 0 aliphatic carbocycles. The Hall–Kier alpha value is -4.06. The summed E-state index contributed by atoms with van der Waals surface area (Å²) in [7, 11) is 0. The normalized spacial score (nSPS) is 16.9. The number of morpholine rings is 1. The van der Waals surface area contributed by atoms with E-state index in [0.29, 0.717) is 26.3 Å².